The quantitative estimate of drug-likeness (QED) is 0.639. The number of aromatic nitrogens is 1. The fourth-order valence-electron chi connectivity index (χ4n) is 2.79. The van der Waals surface area contributed by atoms with Crippen molar-refractivity contribution in [2.75, 3.05) is 12.8 Å². The first-order chi connectivity index (χ1) is 13.7. The topological polar surface area (TPSA) is 68.5 Å². The van der Waals surface area contributed by atoms with E-state index in [2.05, 4.69) is 9.72 Å². The largest absolute Gasteiger partial charge is 0.573 e. The molecular weight excluding hydrogens is 383 g/mol. The van der Waals surface area contributed by atoms with Gasteiger partial charge >= 0.3 is 6.36 Å². The molecule has 1 aromatic heterocycles. The van der Waals surface area contributed by atoms with Crippen molar-refractivity contribution in [3.8, 4) is 17.0 Å². The molecule has 0 saturated heterocycles. The van der Waals surface area contributed by atoms with Crippen LogP contribution in [0, 0.1) is 0 Å². The molecule has 0 aliphatic heterocycles. The minimum atomic E-state index is -4.81. The Morgan fingerprint density at radius 3 is 2.52 bits per heavy atom. The van der Waals surface area contributed by atoms with Crippen LogP contribution in [-0.4, -0.2) is 29.2 Å². The maximum absolute atomic E-state index is 12.8. The number of para-hydroxylation sites is 1. The number of carbonyl (C=O) groups excluding carboxylic acids is 1. The molecule has 0 unspecified atom stereocenters. The maximum atomic E-state index is 12.8. The van der Waals surface area contributed by atoms with Gasteiger partial charge in [-0.3, -0.25) is 4.79 Å². The van der Waals surface area contributed by atoms with Crippen LogP contribution in [0.15, 0.2) is 66.7 Å². The smallest absolute Gasteiger partial charge is 0.405 e. The molecule has 0 fully saturated rings. The third kappa shape index (κ3) is 5.25. The number of alkyl halides is 3. The van der Waals surface area contributed by atoms with Crippen molar-refractivity contribution in [1.82, 2.24) is 9.88 Å². The highest BCUT2D eigenvalue weighted by Gasteiger charge is 2.32. The van der Waals surface area contributed by atoms with Crippen molar-refractivity contribution in [1.29, 1.82) is 0 Å². The van der Waals surface area contributed by atoms with Gasteiger partial charge in [0.25, 0.3) is 5.91 Å². The third-order valence-electron chi connectivity index (χ3n) is 4.10. The van der Waals surface area contributed by atoms with E-state index in [1.54, 1.807) is 42.5 Å². The number of nitrogens with two attached hydrogens (primary N) is 1. The average molecular weight is 401 g/mol. The number of halogens is 3. The molecule has 1 amide bonds. The van der Waals surface area contributed by atoms with Crippen LogP contribution in [0.4, 0.5) is 18.9 Å². The zero-order valence-corrected chi connectivity index (χ0v) is 15.5. The zero-order chi connectivity index (χ0) is 21.0. The number of hydrogen-bond acceptors (Lipinski definition) is 4. The van der Waals surface area contributed by atoms with Gasteiger partial charge in [-0.2, -0.15) is 0 Å². The Labute approximate surface area is 165 Å². The highest BCUT2D eigenvalue weighted by Crippen LogP contribution is 2.27. The number of rotatable bonds is 5. The molecule has 0 atom stereocenters. The summed E-state index contributed by atoms with van der Waals surface area (Å²) in [6.45, 7) is -0.0741. The number of nitrogen functional groups attached to an aromatic ring is 1. The van der Waals surface area contributed by atoms with Crippen molar-refractivity contribution in [2.45, 2.75) is 12.9 Å². The van der Waals surface area contributed by atoms with E-state index < -0.39 is 12.3 Å². The first-order valence-corrected chi connectivity index (χ1v) is 8.65. The van der Waals surface area contributed by atoms with E-state index in [4.69, 9.17) is 5.73 Å². The summed E-state index contributed by atoms with van der Waals surface area (Å²) < 4.78 is 41.8. The summed E-state index contributed by atoms with van der Waals surface area (Å²) >= 11 is 0. The minimum Gasteiger partial charge on any atom is -0.405 e. The van der Waals surface area contributed by atoms with Crippen molar-refractivity contribution < 1.29 is 22.7 Å². The van der Waals surface area contributed by atoms with E-state index in [-0.39, 0.29) is 23.6 Å². The van der Waals surface area contributed by atoms with Crippen LogP contribution in [0.25, 0.3) is 11.3 Å². The van der Waals surface area contributed by atoms with Gasteiger partial charge in [-0.05, 0) is 30.3 Å². The van der Waals surface area contributed by atoms with Crippen LogP contribution in [0.3, 0.4) is 0 Å². The van der Waals surface area contributed by atoms with E-state index in [9.17, 15) is 18.0 Å². The predicted molar refractivity (Wildman–Crippen MR) is 103 cm³/mol. The molecule has 3 aromatic rings. The van der Waals surface area contributed by atoms with Crippen LogP contribution in [-0.2, 0) is 6.54 Å². The molecule has 0 aliphatic carbocycles. The van der Waals surface area contributed by atoms with Crippen LogP contribution in [0.5, 0.6) is 5.75 Å². The Bertz CT molecular complexity index is 1020. The van der Waals surface area contributed by atoms with Crippen molar-refractivity contribution in [2.24, 2.45) is 0 Å². The molecule has 5 nitrogen and oxygen atoms in total. The summed E-state index contributed by atoms with van der Waals surface area (Å²) in [6, 6.07) is 17.8. The van der Waals surface area contributed by atoms with E-state index in [0.717, 1.165) is 5.56 Å². The molecule has 2 N–H and O–H groups in total. The molecule has 0 saturated carbocycles. The fraction of sp³-hybridized carbons (Fsp3) is 0.143. The van der Waals surface area contributed by atoms with Gasteiger partial charge in [0, 0.05) is 30.4 Å². The van der Waals surface area contributed by atoms with Gasteiger partial charge in [-0.15, -0.1) is 13.2 Å². The molecule has 8 heteroatoms. The lowest BCUT2D eigenvalue weighted by molar-refractivity contribution is -0.275. The summed E-state index contributed by atoms with van der Waals surface area (Å²) in [7, 11) is 1.49. The normalized spacial score (nSPS) is 11.2. The summed E-state index contributed by atoms with van der Waals surface area (Å²) in [6.07, 6.45) is -4.81. The van der Waals surface area contributed by atoms with Gasteiger partial charge < -0.3 is 15.4 Å². The predicted octanol–water partition coefficient (Wildman–Crippen LogP) is 4.50. The molecule has 1 heterocycles. The number of ether oxygens (including phenoxy) is 1. The van der Waals surface area contributed by atoms with Gasteiger partial charge in [-0.1, -0.05) is 36.4 Å². The Hall–Kier alpha value is -3.55. The SMILES string of the molecule is CN(Cc1ccccc1OC(F)(F)F)C(=O)c1cccc(-c2cccc(N)c2)n1. The second kappa shape index (κ2) is 8.22. The lowest BCUT2D eigenvalue weighted by atomic mass is 10.1. The highest BCUT2D eigenvalue weighted by molar-refractivity contribution is 5.92. The highest BCUT2D eigenvalue weighted by atomic mass is 19.4. The van der Waals surface area contributed by atoms with E-state index in [1.165, 1.54) is 30.1 Å². The molecule has 150 valence electrons. The number of hydrogen-bond donors (Lipinski definition) is 1. The van der Waals surface area contributed by atoms with Gasteiger partial charge in [-0.25, -0.2) is 4.98 Å². The van der Waals surface area contributed by atoms with Gasteiger partial charge in [0.1, 0.15) is 11.4 Å². The van der Waals surface area contributed by atoms with E-state index >= 15 is 0 Å². The summed E-state index contributed by atoms with van der Waals surface area (Å²) in [5.41, 5.74) is 8.08. The molecule has 0 aliphatic rings. The Morgan fingerprint density at radius 2 is 1.79 bits per heavy atom. The van der Waals surface area contributed by atoms with Crippen LogP contribution in [0.2, 0.25) is 0 Å². The summed E-state index contributed by atoms with van der Waals surface area (Å²) in [4.78, 5) is 18.4. The van der Waals surface area contributed by atoms with Gasteiger partial charge in [0.05, 0.1) is 5.69 Å². The number of amides is 1. The zero-order valence-electron chi connectivity index (χ0n) is 15.5. The molecular formula is C21H18F3N3O2. The number of benzene rings is 2. The molecule has 0 bridgehead atoms. The van der Waals surface area contributed by atoms with Crippen LogP contribution < -0.4 is 10.5 Å². The second-order valence-electron chi connectivity index (χ2n) is 6.35. The number of carbonyl (C=O) groups is 1. The number of pyridine rings is 1. The van der Waals surface area contributed by atoms with Gasteiger partial charge in [0.2, 0.25) is 0 Å². The lowest BCUT2D eigenvalue weighted by Gasteiger charge is -2.20. The fourth-order valence-corrected chi connectivity index (χ4v) is 2.79. The Balaban J connectivity index is 1.81. The molecule has 29 heavy (non-hydrogen) atoms. The second-order valence-corrected chi connectivity index (χ2v) is 6.35. The molecule has 0 spiro atoms. The van der Waals surface area contributed by atoms with Crippen LogP contribution >= 0.6 is 0 Å². The van der Waals surface area contributed by atoms with E-state index in [1.807, 2.05) is 6.07 Å². The van der Waals surface area contributed by atoms with Crippen LogP contribution in [0.1, 0.15) is 16.1 Å². The summed E-state index contributed by atoms with van der Waals surface area (Å²) in [5.74, 6) is -0.779. The van der Waals surface area contributed by atoms with Crippen molar-refractivity contribution in [3.05, 3.63) is 78.0 Å². The Kier molecular flexibility index (Phi) is 5.72. The number of nitrogens with zero attached hydrogens (tertiary/aromatic N) is 2. The average Bonchev–Trinajstić information content (AvgIpc) is 2.68. The first kappa shape index (κ1) is 20.2. The molecule has 0 radical (unpaired) electrons. The number of anilines is 1. The standard InChI is InChI=1S/C21H18F3N3O2/c1-27(13-15-6-2-3-11-19(15)29-21(22,23)24)20(28)18-10-5-9-17(26-18)14-7-4-8-16(25)12-14/h2-12H,13,25H2,1H3. The summed E-state index contributed by atoms with van der Waals surface area (Å²) in [5, 5.41) is 0. The lowest BCUT2D eigenvalue weighted by Crippen LogP contribution is -2.28. The Morgan fingerprint density at radius 1 is 1.07 bits per heavy atom. The first-order valence-electron chi connectivity index (χ1n) is 8.65. The van der Waals surface area contributed by atoms with Crippen molar-refractivity contribution in [3.63, 3.8) is 0 Å². The minimum absolute atomic E-state index is 0.0741. The van der Waals surface area contributed by atoms with E-state index in [0.29, 0.717) is 11.4 Å². The molecule has 3 rings (SSSR count). The monoisotopic (exact) mass is 401 g/mol. The van der Waals surface area contributed by atoms with Crippen molar-refractivity contribution >= 4 is 11.6 Å². The third-order valence-corrected chi connectivity index (χ3v) is 4.10. The maximum Gasteiger partial charge on any atom is 0.573 e. The van der Waals surface area contributed by atoms with Gasteiger partial charge in [0.15, 0.2) is 0 Å². The molecule has 2 aromatic carbocycles.